The van der Waals surface area contributed by atoms with Crippen molar-refractivity contribution in [2.45, 2.75) is 52.7 Å². The van der Waals surface area contributed by atoms with Gasteiger partial charge in [-0.15, -0.1) is 0 Å². The number of amides is 1. The summed E-state index contributed by atoms with van der Waals surface area (Å²) >= 11 is 0. The average molecular weight is 335 g/mol. The van der Waals surface area contributed by atoms with Crippen molar-refractivity contribution in [1.82, 2.24) is 4.98 Å². The Labute approximate surface area is 142 Å². The van der Waals surface area contributed by atoms with Crippen molar-refractivity contribution < 1.29 is 19.1 Å². The molecule has 7 nitrogen and oxygen atoms in total. The molecule has 0 aliphatic carbocycles. The zero-order chi connectivity index (χ0) is 18.1. The van der Waals surface area contributed by atoms with Crippen LogP contribution in [0.3, 0.4) is 0 Å². The van der Waals surface area contributed by atoms with E-state index in [1.54, 1.807) is 26.0 Å². The average Bonchev–Trinajstić information content (AvgIpc) is 2.50. The van der Waals surface area contributed by atoms with Gasteiger partial charge in [-0.2, -0.15) is 0 Å². The standard InChI is InChI=1S/C17H25N3O4/c1-6-11(15(21)23-9-10(2)3)20-14-12(7-8-13(18)19-14)24-17(4,5)16(20)22/h7-8,10-11H,6,9H2,1-5H3,(H2,18,19). The van der Waals surface area contributed by atoms with Crippen LogP contribution < -0.4 is 15.4 Å². The fourth-order valence-electron chi connectivity index (χ4n) is 2.50. The highest BCUT2D eigenvalue weighted by atomic mass is 16.5. The lowest BCUT2D eigenvalue weighted by molar-refractivity contribution is -0.149. The van der Waals surface area contributed by atoms with Crippen LogP contribution in [0.15, 0.2) is 12.1 Å². The van der Waals surface area contributed by atoms with E-state index in [4.69, 9.17) is 15.2 Å². The molecule has 1 aliphatic heterocycles. The van der Waals surface area contributed by atoms with Crippen molar-refractivity contribution >= 4 is 23.5 Å². The predicted octanol–water partition coefficient (Wildman–Crippen LogP) is 2.15. The van der Waals surface area contributed by atoms with Crippen molar-refractivity contribution in [3.63, 3.8) is 0 Å². The van der Waals surface area contributed by atoms with Gasteiger partial charge in [-0.3, -0.25) is 9.69 Å². The van der Waals surface area contributed by atoms with E-state index in [0.717, 1.165) is 0 Å². The number of carbonyl (C=O) groups excluding carboxylic acids is 2. The van der Waals surface area contributed by atoms with Crippen molar-refractivity contribution in [2.75, 3.05) is 17.2 Å². The fraction of sp³-hybridized carbons (Fsp3) is 0.588. The fourth-order valence-corrected chi connectivity index (χ4v) is 2.50. The molecule has 24 heavy (non-hydrogen) atoms. The molecule has 2 rings (SSSR count). The van der Waals surface area contributed by atoms with E-state index in [0.29, 0.717) is 18.8 Å². The maximum absolute atomic E-state index is 12.9. The van der Waals surface area contributed by atoms with Gasteiger partial charge < -0.3 is 15.2 Å². The smallest absolute Gasteiger partial charge is 0.329 e. The van der Waals surface area contributed by atoms with Gasteiger partial charge in [0.1, 0.15) is 11.9 Å². The summed E-state index contributed by atoms with van der Waals surface area (Å²) in [4.78, 5) is 31.0. The Morgan fingerprint density at radius 1 is 1.42 bits per heavy atom. The minimum absolute atomic E-state index is 0.212. The van der Waals surface area contributed by atoms with E-state index in [1.807, 2.05) is 20.8 Å². The van der Waals surface area contributed by atoms with E-state index in [9.17, 15) is 9.59 Å². The number of hydrogen-bond donors (Lipinski definition) is 1. The zero-order valence-electron chi connectivity index (χ0n) is 14.8. The molecule has 1 aromatic rings. The van der Waals surface area contributed by atoms with Gasteiger partial charge in [0.15, 0.2) is 17.2 Å². The summed E-state index contributed by atoms with van der Waals surface area (Å²) in [5.41, 5.74) is 4.65. The summed E-state index contributed by atoms with van der Waals surface area (Å²) < 4.78 is 11.1. The van der Waals surface area contributed by atoms with Crippen LogP contribution in [0.4, 0.5) is 11.6 Å². The highest BCUT2D eigenvalue weighted by molar-refractivity contribution is 6.05. The molecule has 0 spiro atoms. The largest absolute Gasteiger partial charge is 0.474 e. The molecule has 2 N–H and O–H groups in total. The first kappa shape index (κ1) is 18.0. The molecule has 0 saturated carbocycles. The number of hydrogen-bond acceptors (Lipinski definition) is 6. The van der Waals surface area contributed by atoms with Crippen molar-refractivity contribution in [3.05, 3.63) is 12.1 Å². The lowest BCUT2D eigenvalue weighted by Crippen LogP contribution is -2.58. The molecule has 0 fully saturated rings. The normalized spacial score (nSPS) is 17.2. The number of aromatic nitrogens is 1. The Hall–Kier alpha value is -2.31. The number of nitrogens with two attached hydrogens (primary N) is 1. The summed E-state index contributed by atoms with van der Waals surface area (Å²) in [7, 11) is 0. The maximum Gasteiger partial charge on any atom is 0.329 e. The third kappa shape index (κ3) is 3.44. The van der Waals surface area contributed by atoms with Gasteiger partial charge in [0.05, 0.1) is 6.61 Å². The van der Waals surface area contributed by atoms with Gasteiger partial charge in [-0.25, -0.2) is 9.78 Å². The molecule has 0 radical (unpaired) electrons. The summed E-state index contributed by atoms with van der Waals surface area (Å²) in [5, 5.41) is 0. The lowest BCUT2D eigenvalue weighted by Gasteiger charge is -2.40. The summed E-state index contributed by atoms with van der Waals surface area (Å²) in [6.45, 7) is 9.35. The van der Waals surface area contributed by atoms with Crippen LogP contribution in [0.5, 0.6) is 5.75 Å². The molecule has 1 unspecified atom stereocenters. The second kappa shape index (κ2) is 6.67. The Morgan fingerprint density at radius 2 is 2.08 bits per heavy atom. The molecule has 0 saturated heterocycles. The number of rotatable bonds is 5. The monoisotopic (exact) mass is 335 g/mol. The van der Waals surface area contributed by atoms with Crippen LogP contribution in [-0.4, -0.2) is 35.1 Å². The minimum atomic E-state index is -1.10. The number of esters is 1. The molecule has 0 aromatic carbocycles. The Kier molecular flexibility index (Phi) is 5.01. The van der Waals surface area contributed by atoms with Gasteiger partial charge >= 0.3 is 5.97 Å². The van der Waals surface area contributed by atoms with Crippen molar-refractivity contribution in [2.24, 2.45) is 5.92 Å². The van der Waals surface area contributed by atoms with Crippen LogP contribution >= 0.6 is 0 Å². The van der Waals surface area contributed by atoms with Crippen LogP contribution in [0, 0.1) is 5.92 Å². The molecule has 0 bridgehead atoms. The molecule has 1 amide bonds. The third-order valence-electron chi connectivity index (χ3n) is 3.72. The molecule has 132 valence electrons. The number of fused-ring (bicyclic) bond motifs is 1. The minimum Gasteiger partial charge on any atom is -0.474 e. The molecular weight excluding hydrogens is 310 g/mol. The van der Waals surface area contributed by atoms with Crippen molar-refractivity contribution in [3.8, 4) is 5.75 Å². The van der Waals surface area contributed by atoms with E-state index >= 15 is 0 Å². The quantitative estimate of drug-likeness (QED) is 0.829. The zero-order valence-corrected chi connectivity index (χ0v) is 14.8. The molecule has 1 atom stereocenters. The number of anilines is 2. The number of nitrogen functional groups attached to an aromatic ring is 1. The Morgan fingerprint density at radius 3 is 2.67 bits per heavy atom. The van der Waals surface area contributed by atoms with Crippen LogP contribution in [0.1, 0.15) is 41.0 Å². The molecule has 7 heteroatoms. The second-order valence-corrected chi connectivity index (χ2v) is 6.79. The summed E-state index contributed by atoms with van der Waals surface area (Å²) in [5.74, 6) is 0.343. The van der Waals surface area contributed by atoms with E-state index in [1.165, 1.54) is 4.90 Å². The SMILES string of the molecule is CCC(C(=O)OCC(C)C)N1C(=O)C(C)(C)Oc2ccc(N)nc21. The number of pyridine rings is 1. The second-order valence-electron chi connectivity index (χ2n) is 6.79. The van der Waals surface area contributed by atoms with Gasteiger partial charge in [-0.1, -0.05) is 20.8 Å². The number of nitrogens with zero attached hydrogens (tertiary/aromatic N) is 2. The van der Waals surface area contributed by atoms with Gasteiger partial charge in [0, 0.05) is 0 Å². The van der Waals surface area contributed by atoms with Crippen molar-refractivity contribution in [1.29, 1.82) is 0 Å². The van der Waals surface area contributed by atoms with Gasteiger partial charge in [0.2, 0.25) is 0 Å². The topological polar surface area (TPSA) is 94.8 Å². The van der Waals surface area contributed by atoms with Gasteiger partial charge in [0.25, 0.3) is 5.91 Å². The van der Waals surface area contributed by atoms with E-state index in [-0.39, 0.29) is 23.5 Å². The molecular formula is C17H25N3O4. The number of carbonyl (C=O) groups is 2. The van der Waals surface area contributed by atoms with Gasteiger partial charge in [-0.05, 0) is 38.3 Å². The van der Waals surface area contributed by atoms with Crippen LogP contribution in [0.2, 0.25) is 0 Å². The highest BCUT2D eigenvalue weighted by Crippen LogP contribution is 2.38. The Bertz CT molecular complexity index is 643. The maximum atomic E-state index is 12.9. The first-order valence-electron chi connectivity index (χ1n) is 8.13. The lowest BCUT2D eigenvalue weighted by atomic mass is 10.0. The summed E-state index contributed by atoms with van der Waals surface area (Å²) in [6.07, 6.45) is 0.397. The molecule has 2 heterocycles. The first-order valence-corrected chi connectivity index (χ1v) is 8.13. The Balaban J connectivity index is 2.43. The van der Waals surface area contributed by atoms with E-state index < -0.39 is 17.6 Å². The third-order valence-corrected chi connectivity index (χ3v) is 3.72. The van der Waals surface area contributed by atoms with E-state index in [2.05, 4.69) is 4.98 Å². The van der Waals surface area contributed by atoms with Crippen LogP contribution in [0.25, 0.3) is 0 Å². The predicted molar refractivity (Wildman–Crippen MR) is 90.7 cm³/mol. The van der Waals surface area contributed by atoms with Crippen LogP contribution in [-0.2, 0) is 14.3 Å². The molecule has 1 aromatic heterocycles. The first-order chi connectivity index (χ1) is 11.2. The molecule has 1 aliphatic rings. The summed E-state index contributed by atoms with van der Waals surface area (Å²) in [6, 6.07) is 2.49. The number of ether oxygens (including phenoxy) is 2. The highest BCUT2D eigenvalue weighted by Gasteiger charge is 2.46.